The highest BCUT2D eigenvalue weighted by Crippen LogP contribution is 2.23. The molecule has 0 saturated carbocycles. The van der Waals surface area contributed by atoms with Crippen molar-refractivity contribution in [3.63, 3.8) is 0 Å². The Morgan fingerprint density at radius 3 is 2.26 bits per heavy atom. The first kappa shape index (κ1) is 21.9. The van der Waals surface area contributed by atoms with Gasteiger partial charge in [-0.1, -0.05) is 23.7 Å². The molecule has 3 rings (SSSR count). The summed E-state index contributed by atoms with van der Waals surface area (Å²) in [6.45, 7) is 0.309. The molecule has 0 aliphatic rings. The first-order chi connectivity index (χ1) is 15.0. The Balaban J connectivity index is 1.39. The predicted molar refractivity (Wildman–Crippen MR) is 115 cm³/mol. The summed E-state index contributed by atoms with van der Waals surface area (Å²) in [5.41, 5.74) is 0.942. The number of carbonyl (C=O) groups is 3. The molecule has 31 heavy (non-hydrogen) atoms. The third-order valence-electron chi connectivity index (χ3n) is 4.07. The van der Waals surface area contributed by atoms with Crippen LogP contribution in [0, 0.1) is 0 Å². The molecule has 1 heterocycles. The molecule has 3 aromatic rings. The van der Waals surface area contributed by atoms with Gasteiger partial charge in [0.1, 0.15) is 5.75 Å². The summed E-state index contributed by atoms with van der Waals surface area (Å²) in [4.78, 5) is 35.9. The van der Waals surface area contributed by atoms with Crippen molar-refractivity contribution in [2.24, 2.45) is 0 Å². The Bertz CT molecular complexity index is 1040. The van der Waals surface area contributed by atoms with E-state index in [1.54, 1.807) is 60.7 Å². The first-order valence-electron chi connectivity index (χ1n) is 9.40. The zero-order chi connectivity index (χ0) is 22.1. The maximum Gasteiger partial charge on any atom is 0.287 e. The molecule has 0 radical (unpaired) electrons. The van der Waals surface area contributed by atoms with Crippen LogP contribution in [0.2, 0.25) is 5.02 Å². The van der Waals surface area contributed by atoms with E-state index in [4.69, 9.17) is 20.8 Å². The number of hydrogen-bond acceptors (Lipinski definition) is 5. The fraction of sp³-hybridized carbons (Fsp3) is 0.136. The van der Waals surface area contributed by atoms with Gasteiger partial charge in [0.25, 0.3) is 17.7 Å². The van der Waals surface area contributed by atoms with Gasteiger partial charge in [0, 0.05) is 24.3 Å². The van der Waals surface area contributed by atoms with Gasteiger partial charge in [0.05, 0.1) is 11.3 Å². The molecule has 3 amide bonds. The van der Waals surface area contributed by atoms with Crippen LogP contribution in [0.4, 0.5) is 5.69 Å². The minimum Gasteiger partial charge on any atom is -0.482 e. The third kappa shape index (κ3) is 6.61. The summed E-state index contributed by atoms with van der Waals surface area (Å²) in [7, 11) is 0. The Kier molecular flexibility index (Phi) is 7.67. The number of rotatable bonds is 9. The van der Waals surface area contributed by atoms with Gasteiger partial charge in [0.15, 0.2) is 12.4 Å². The van der Waals surface area contributed by atoms with Crippen molar-refractivity contribution >= 4 is 35.0 Å². The molecule has 0 unspecified atom stereocenters. The monoisotopic (exact) mass is 441 g/mol. The Hall–Kier alpha value is -3.78. The Morgan fingerprint density at radius 2 is 1.58 bits per heavy atom. The SMILES string of the molecule is O=C(COc1ccccc1Cl)Nc1ccc(C(=O)NCCNC(=O)c2ccco2)cc1. The average Bonchev–Trinajstić information content (AvgIpc) is 3.31. The molecule has 9 heteroatoms. The number of ether oxygens (including phenoxy) is 1. The molecule has 0 aliphatic heterocycles. The van der Waals surface area contributed by atoms with Gasteiger partial charge in [-0.15, -0.1) is 0 Å². The van der Waals surface area contributed by atoms with E-state index >= 15 is 0 Å². The van der Waals surface area contributed by atoms with E-state index < -0.39 is 0 Å². The molecule has 1 aromatic heterocycles. The van der Waals surface area contributed by atoms with Crippen LogP contribution in [0.15, 0.2) is 71.3 Å². The Labute approximate surface area is 183 Å². The number of para-hydroxylation sites is 1. The van der Waals surface area contributed by atoms with Gasteiger partial charge in [-0.05, 0) is 48.5 Å². The summed E-state index contributed by atoms with van der Waals surface area (Å²) in [6.07, 6.45) is 1.41. The first-order valence-corrected chi connectivity index (χ1v) is 9.78. The van der Waals surface area contributed by atoms with Crippen LogP contribution in [0.3, 0.4) is 0 Å². The summed E-state index contributed by atoms with van der Waals surface area (Å²) < 4.78 is 10.4. The fourth-order valence-electron chi connectivity index (χ4n) is 2.56. The van der Waals surface area contributed by atoms with Crippen molar-refractivity contribution in [1.82, 2.24) is 10.6 Å². The van der Waals surface area contributed by atoms with Crippen LogP contribution in [0.5, 0.6) is 5.75 Å². The van der Waals surface area contributed by atoms with Crippen LogP contribution < -0.4 is 20.7 Å². The predicted octanol–water partition coefficient (Wildman–Crippen LogP) is 3.11. The molecule has 0 bridgehead atoms. The molecule has 160 valence electrons. The van der Waals surface area contributed by atoms with Gasteiger partial charge >= 0.3 is 0 Å². The van der Waals surface area contributed by atoms with E-state index in [1.807, 2.05) is 0 Å². The number of anilines is 1. The second kappa shape index (κ2) is 10.8. The van der Waals surface area contributed by atoms with E-state index in [-0.39, 0.29) is 43.2 Å². The number of carbonyl (C=O) groups excluding carboxylic acids is 3. The van der Waals surface area contributed by atoms with Crippen molar-refractivity contribution in [2.75, 3.05) is 25.0 Å². The lowest BCUT2D eigenvalue weighted by Gasteiger charge is -2.09. The van der Waals surface area contributed by atoms with Crippen molar-refractivity contribution in [1.29, 1.82) is 0 Å². The molecule has 0 aliphatic carbocycles. The van der Waals surface area contributed by atoms with Crippen molar-refractivity contribution in [2.45, 2.75) is 0 Å². The fourth-order valence-corrected chi connectivity index (χ4v) is 2.75. The summed E-state index contributed by atoms with van der Waals surface area (Å²) >= 11 is 5.98. The highest BCUT2D eigenvalue weighted by Gasteiger charge is 2.10. The van der Waals surface area contributed by atoms with Crippen LogP contribution in [0.25, 0.3) is 0 Å². The maximum atomic E-state index is 12.2. The quantitative estimate of drug-likeness (QED) is 0.442. The highest BCUT2D eigenvalue weighted by molar-refractivity contribution is 6.32. The lowest BCUT2D eigenvalue weighted by Crippen LogP contribution is -2.34. The maximum absolute atomic E-state index is 12.2. The molecule has 0 atom stereocenters. The van der Waals surface area contributed by atoms with E-state index in [9.17, 15) is 14.4 Å². The van der Waals surface area contributed by atoms with Gasteiger partial charge in [0.2, 0.25) is 0 Å². The topological polar surface area (TPSA) is 110 Å². The number of amides is 3. The Morgan fingerprint density at radius 1 is 0.871 bits per heavy atom. The number of furan rings is 1. The minimum atomic E-state index is -0.357. The van der Waals surface area contributed by atoms with E-state index in [0.29, 0.717) is 22.0 Å². The second-order valence-corrected chi connectivity index (χ2v) is 6.74. The zero-order valence-electron chi connectivity index (χ0n) is 16.4. The van der Waals surface area contributed by atoms with Gasteiger partial charge in [-0.25, -0.2) is 0 Å². The van der Waals surface area contributed by atoms with Crippen molar-refractivity contribution < 1.29 is 23.5 Å². The van der Waals surface area contributed by atoms with E-state index in [2.05, 4.69) is 16.0 Å². The largest absolute Gasteiger partial charge is 0.482 e. The second-order valence-electron chi connectivity index (χ2n) is 6.33. The lowest BCUT2D eigenvalue weighted by atomic mass is 10.2. The molecular weight excluding hydrogens is 422 g/mol. The third-order valence-corrected chi connectivity index (χ3v) is 4.38. The number of benzene rings is 2. The number of hydrogen-bond donors (Lipinski definition) is 3. The summed E-state index contributed by atoms with van der Waals surface area (Å²) in [5, 5.41) is 8.44. The minimum absolute atomic E-state index is 0.199. The van der Waals surface area contributed by atoms with Crippen molar-refractivity contribution in [3.05, 3.63) is 83.3 Å². The molecule has 0 spiro atoms. The molecular formula is C22H20ClN3O5. The van der Waals surface area contributed by atoms with Gasteiger partial charge in [-0.3, -0.25) is 14.4 Å². The van der Waals surface area contributed by atoms with Crippen LogP contribution in [0.1, 0.15) is 20.9 Å². The average molecular weight is 442 g/mol. The smallest absolute Gasteiger partial charge is 0.287 e. The summed E-state index contributed by atoms with van der Waals surface area (Å²) in [6, 6.07) is 16.4. The van der Waals surface area contributed by atoms with Gasteiger partial charge < -0.3 is 25.1 Å². The molecule has 0 saturated heterocycles. The molecule has 3 N–H and O–H groups in total. The normalized spacial score (nSPS) is 10.2. The highest BCUT2D eigenvalue weighted by atomic mass is 35.5. The van der Waals surface area contributed by atoms with Crippen LogP contribution >= 0.6 is 11.6 Å². The number of nitrogens with one attached hydrogen (secondary N) is 3. The van der Waals surface area contributed by atoms with Gasteiger partial charge in [-0.2, -0.15) is 0 Å². The standard InChI is InChI=1S/C22H20ClN3O5/c23-17-4-1-2-5-18(17)31-14-20(27)26-16-9-7-15(8-10-16)21(28)24-11-12-25-22(29)19-6-3-13-30-19/h1-10,13H,11-12,14H2,(H,24,28)(H,25,29)(H,26,27). The summed E-state index contributed by atoms with van der Waals surface area (Å²) in [5.74, 6) is -0.373. The molecule has 8 nitrogen and oxygen atoms in total. The van der Waals surface area contributed by atoms with E-state index in [0.717, 1.165) is 0 Å². The molecule has 2 aromatic carbocycles. The van der Waals surface area contributed by atoms with Crippen LogP contribution in [-0.4, -0.2) is 37.4 Å². The van der Waals surface area contributed by atoms with E-state index in [1.165, 1.54) is 6.26 Å². The number of halogens is 1. The van der Waals surface area contributed by atoms with Crippen molar-refractivity contribution in [3.8, 4) is 5.75 Å². The zero-order valence-corrected chi connectivity index (χ0v) is 17.1. The van der Waals surface area contributed by atoms with Crippen LogP contribution in [-0.2, 0) is 4.79 Å². The molecule has 0 fully saturated rings. The lowest BCUT2D eigenvalue weighted by molar-refractivity contribution is -0.118.